The number of carbonyl (C=O) groups is 2. The third kappa shape index (κ3) is 9.50. The third-order valence-electron chi connectivity index (χ3n) is 4.50. The van der Waals surface area contributed by atoms with E-state index >= 15 is 0 Å². The second kappa shape index (κ2) is 11.3. The van der Waals surface area contributed by atoms with Gasteiger partial charge in [-0.3, -0.25) is 9.59 Å². The molecule has 0 spiro atoms. The minimum absolute atomic E-state index is 0.0149. The summed E-state index contributed by atoms with van der Waals surface area (Å²) in [5, 5.41) is 30.2. The zero-order chi connectivity index (χ0) is 22.9. The second-order valence-electron chi connectivity index (χ2n) is 7.85. The lowest BCUT2D eigenvalue weighted by Crippen LogP contribution is -2.44. The highest BCUT2D eigenvalue weighted by molar-refractivity contribution is 5.76. The number of hydroxylamine groups is 3. The standard InChI is InChI=1S/C23H29NO7/c1-24(2,29)15-20(31-23(28)14-13-22(26)27)16-30-21-6-4-3-5-18(21)10-7-17-8-11-19(25)12-9-17/h3-6,8-9,11-12,20,25H,7,10,13-16H2,1-2H3,(H,26,27). The van der Waals surface area contributed by atoms with Crippen molar-refractivity contribution < 1.29 is 33.9 Å². The minimum Gasteiger partial charge on any atom is -0.633 e. The summed E-state index contributed by atoms with van der Waals surface area (Å²) < 4.78 is 10.5. The molecule has 1 atom stereocenters. The Morgan fingerprint density at radius 1 is 1.03 bits per heavy atom. The molecule has 0 aliphatic carbocycles. The number of rotatable bonds is 12. The number of quaternary nitrogens is 1. The summed E-state index contributed by atoms with van der Waals surface area (Å²) in [6, 6.07) is 14.5. The first-order valence-corrected chi connectivity index (χ1v) is 10.1. The molecule has 0 fully saturated rings. The van der Waals surface area contributed by atoms with Crippen LogP contribution < -0.4 is 4.74 Å². The van der Waals surface area contributed by atoms with Crippen molar-refractivity contribution in [1.29, 1.82) is 0 Å². The molecule has 0 saturated heterocycles. The quantitative estimate of drug-likeness (QED) is 0.301. The van der Waals surface area contributed by atoms with Gasteiger partial charge in [0.1, 0.15) is 24.7 Å². The van der Waals surface area contributed by atoms with Crippen molar-refractivity contribution in [2.75, 3.05) is 27.2 Å². The van der Waals surface area contributed by atoms with Crippen molar-refractivity contribution in [2.24, 2.45) is 0 Å². The molecule has 0 heterocycles. The largest absolute Gasteiger partial charge is 0.633 e. The number of carboxylic acid groups (broad SMARTS) is 1. The van der Waals surface area contributed by atoms with Gasteiger partial charge in [-0.05, 0) is 42.2 Å². The van der Waals surface area contributed by atoms with E-state index in [-0.39, 0.29) is 31.7 Å². The molecule has 0 aliphatic heterocycles. The molecule has 0 saturated carbocycles. The lowest BCUT2D eigenvalue weighted by atomic mass is 10.0. The first kappa shape index (κ1) is 24.2. The van der Waals surface area contributed by atoms with Gasteiger partial charge in [-0.15, -0.1) is 0 Å². The number of phenolic OH excluding ortho intramolecular Hbond substituents is 1. The van der Waals surface area contributed by atoms with Crippen LogP contribution in [0.5, 0.6) is 11.5 Å². The average Bonchev–Trinajstić information content (AvgIpc) is 2.69. The monoisotopic (exact) mass is 431 g/mol. The number of aryl methyl sites for hydroxylation is 2. The lowest BCUT2D eigenvalue weighted by Gasteiger charge is -2.36. The van der Waals surface area contributed by atoms with Crippen LogP contribution in [0.3, 0.4) is 0 Å². The Bertz CT molecular complexity index is 859. The number of likely N-dealkylation sites (N-methyl/N-ethyl adjacent to an activating group) is 1. The number of carbonyl (C=O) groups excluding carboxylic acids is 1. The summed E-state index contributed by atoms with van der Waals surface area (Å²) in [4.78, 5) is 22.6. The Morgan fingerprint density at radius 2 is 1.71 bits per heavy atom. The summed E-state index contributed by atoms with van der Waals surface area (Å²) in [6.07, 6.45) is 0.0499. The van der Waals surface area contributed by atoms with Gasteiger partial charge in [-0.25, -0.2) is 0 Å². The number of phenols is 1. The van der Waals surface area contributed by atoms with Crippen molar-refractivity contribution in [2.45, 2.75) is 31.8 Å². The smallest absolute Gasteiger partial charge is 0.306 e. The molecule has 2 N–H and O–H groups in total. The second-order valence-corrected chi connectivity index (χ2v) is 7.85. The molecule has 31 heavy (non-hydrogen) atoms. The van der Waals surface area contributed by atoms with Gasteiger partial charge >= 0.3 is 11.9 Å². The molecule has 2 rings (SSSR count). The van der Waals surface area contributed by atoms with Crippen molar-refractivity contribution in [1.82, 2.24) is 0 Å². The number of hydrogen-bond acceptors (Lipinski definition) is 6. The molecule has 2 aromatic rings. The normalized spacial score (nSPS) is 12.2. The highest BCUT2D eigenvalue weighted by Gasteiger charge is 2.22. The zero-order valence-electron chi connectivity index (χ0n) is 17.8. The Morgan fingerprint density at radius 3 is 2.35 bits per heavy atom. The summed E-state index contributed by atoms with van der Waals surface area (Å²) in [7, 11) is 2.87. The van der Waals surface area contributed by atoms with E-state index in [0.717, 1.165) is 17.5 Å². The summed E-state index contributed by atoms with van der Waals surface area (Å²) in [5.41, 5.74) is 2.03. The molecule has 168 valence electrons. The van der Waals surface area contributed by atoms with Gasteiger partial charge in [-0.2, -0.15) is 0 Å². The summed E-state index contributed by atoms with van der Waals surface area (Å²) in [5.74, 6) is -0.919. The van der Waals surface area contributed by atoms with Crippen LogP contribution in [0.25, 0.3) is 0 Å². The Labute approximate surface area is 181 Å². The minimum atomic E-state index is -1.09. The van der Waals surface area contributed by atoms with Crippen LogP contribution in [0, 0.1) is 5.21 Å². The zero-order valence-corrected chi connectivity index (χ0v) is 17.8. The van der Waals surface area contributed by atoms with E-state index in [4.69, 9.17) is 14.6 Å². The molecule has 8 heteroatoms. The van der Waals surface area contributed by atoms with Crippen molar-refractivity contribution in [3.05, 3.63) is 64.9 Å². The number of nitrogens with zero attached hydrogens (tertiary/aromatic N) is 1. The number of para-hydroxylation sites is 1. The predicted octanol–water partition coefficient (Wildman–Crippen LogP) is 2.91. The van der Waals surface area contributed by atoms with E-state index in [1.807, 2.05) is 36.4 Å². The Kier molecular flexibility index (Phi) is 8.84. The Balaban J connectivity index is 2.00. The van der Waals surface area contributed by atoms with E-state index < -0.39 is 22.7 Å². The van der Waals surface area contributed by atoms with Crippen molar-refractivity contribution in [3.8, 4) is 11.5 Å². The van der Waals surface area contributed by atoms with Crippen LogP contribution >= 0.6 is 0 Å². The molecule has 0 bridgehead atoms. The average molecular weight is 431 g/mol. The Hall–Kier alpha value is -3.10. The van der Waals surface area contributed by atoms with E-state index in [0.29, 0.717) is 12.2 Å². The van der Waals surface area contributed by atoms with Crippen LogP contribution in [-0.2, 0) is 27.2 Å². The fraction of sp³-hybridized carbons (Fsp3) is 0.391. The molecule has 0 radical (unpaired) electrons. The van der Waals surface area contributed by atoms with E-state index in [1.165, 1.54) is 14.1 Å². The number of esters is 1. The maximum Gasteiger partial charge on any atom is 0.306 e. The van der Waals surface area contributed by atoms with E-state index in [1.54, 1.807) is 12.1 Å². The highest BCUT2D eigenvalue weighted by atomic mass is 16.6. The molecule has 1 unspecified atom stereocenters. The molecule has 0 aliphatic rings. The van der Waals surface area contributed by atoms with Crippen LogP contribution in [0.4, 0.5) is 0 Å². The topological polar surface area (TPSA) is 116 Å². The van der Waals surface area contributed by atoms with Gasteiger partial charge < -0.3 is 29.5 Å². The first-order valence-electron chi connectivity index (χ1n) is 10.1. The van der Waals surface area contributed by atoms with E-state index in [9.17, 15) is 19.9 Å². The molecule has 8 nitrogen and oxygen atoms in total. The maximum atomic E-state index is 12.1. The number of ether oxygens (including phenoxy) is 2. The van der Waals surface area contributed by atoms with Gasteiger partial charge in [-0.1, -0.05) is 30.3 Å². The number of carboxylic acids is 1. The number of aromatic hydroxyl groups is 1. The van der Waals surface area contributed by atoms with Crippen LogP contribution in [-0.4, -0.2) is 60.1 Å². The maximum absolute atomic E-state index is 12.1. The molecular weight excluding hydrogens is 402 g/mol. The fourth-order valence-corrected chi connectivity index (χ4v) is 3.04. The van der Waals surface area contributed by atoms with Gasteiger partial charge in [0.05, 0.1) is 26.9 Å². The molecule has 0 amide bonds. The molecule has 2 aromatic carbocycles. The molecule has 0 aromatic heterocycles. The summed E-state index contributed by atoms with van der Waals surface area (Å²) >= 11 is 0. The molecular formula is C23H29NO7. The number of hydrogen-bond donors (Lipinski definition) is 2. The van der Waals surface area contributed by atoms with E-state index in [2.05, 4.69) is 0 Å². The first-order chi connectivity index (χ1) is 14.6. The van der Waals surface area contributed by atoms with Crippen molar-refractivity contribution >= 4 is 11.9 Å². The highest BCUT2D eigenvalue weighted by Crippen LogP contribution is 2.21. The number of aliphatic carboxylic acids is 1. The lowest BCUT2D eigenvalue weighted by molar-refractivity contribution is -0.843. The van der Waals surface area contributed by atoms with Crippen molar-refractivity contribution in [3.63, 3.8) is 0 Å². The fourth-order valence-electron chi connectivity index (χ4n) is 3.04. The predicted molar refractivity (Wildman–Crippen MR) is 115 cm³/mol. The third-order valence-corrected chi connectivity index (χ3v) is 4.50. The SMILES string of the molecule is C[N+](C)([O-])CC(COc1ccccc1CCc1ccc(O)cc1)OC(=O)CCC(=O)O. The van der Waals surface area contributed by atoms with Crippen LogP contribution in [0.1, 0.15) is 24.0 Å². The van der Waals surface area contributed by atoms with Gasteiger partial charge in [0.15, 0.2) is 6.10 Å². The van der Waals surface area contributed by atoms with Crippen LogP contribution in [0.2, 0.25) is 0 Å². The summed E-state index contributed by atoms with van der Waals surface area (Å²) in [6.45, 7) is -0.0343. The number of benzene rings is 2. The van der Waals surface area contributed by atoms with Gasteiger partial charge in [0.25, 0.3) is 0 Å². The van der Waals surface area contributed by atoms with Crippen LogP contribution in [0.15, 0.2) is 48.5 Å². The van der Waals surface area contributed by atoms with Gasteiger partial charge in [0.2, 0.25) is 0 Å². The van der Waals surface area contributed by atoms with Gasteiger partial charge in [0, 0.05) is 0 Å².